The fraction of sp³-hybridized carbons (Fsp3) is 0.333. The number of hydrogen-bond donors (Lipinski definition) is 3. The van der Waals surface area contributed by atoms with Gasteiger partial charge in [0.25, 0.3) is 0 Å². The van der Waals surface area contributed by atoms with Gasteiger partial charge >= 0.3 is 0 Å². The van der Waals surface area contributed by atoms with Crippen LogP contribution in [0.15, 0.2) is 47.3 Å². The van der Waals surface area contributed by atoms with Crippen molar-refractivity contribution in [3.05, 3.63) is 47.3 Å². The highest BCUT2D eigenvalue weighted by atomic mass is 79.9. The Balaban J connectivity index is 1.62. The highest BCUT2D eigenvalue weighted by Crippen LogP contribution is 2.32. The molecule has 1 aromatic carbocycles. The zero-order valence-corrected chi connectivity index (χ0v) is 15.6. The van der Waals surface area contributed by atoms with Crippen molar-refractivity contribution in [1.29, 1.82) is 0 Å². The lowest BCUT2D eigenvalue weighted by molar-refractivity contribution is 0.0399. The van der Waals surface area contributed by atoms with Gasteiger partial charge in [0.1, 0.15) is 17.9 Å². The van der Waals surface area contributed by atoms with Gasteiger partial charge in [0.05, 0.1) is 6.10 Å². The van der Waals surface area contributed by atoms with Gasteiger partial charge in [-0.15, -0.1) is 0 Å². The number of nitrogens with zero attached hydrogens (tertiary/aromatic N) is 3. The first kappa shape index (κ1) is 17.3. The molecular formula is C18H20BrN5O2. The molecule has 4 rings (SSSR count). The Hall–Kier alpha value is -2.16. The molecule has 3 aromatic rings. The van der Waals surface area contributed by atoms with Crippen LogP contribution in [0.1, 0.15) is 19.3 Å². The van der Waals surface area contributed by atoms with Crippen LogP contribution in [0.2, 0.25) is 0 Å². The van der Waals surface area contributed by atoms with E-state index in [4.69, 9.17) is 10.5 Å². The molecule has 8 heteroatoms. The second kappa shape index (κ2) is 7.22. The Kier molecular flexibility index (Phi) is 4.80. The van der Waals surface area contributed by atoms with Crippen molar-refractivity contribution in [3.63, 3.8) is 0 Å². The number of nitrogens with one attached hydrogen (secondary N) is 1. The molecule has 0 bridgehead atoms. The average molecular weight is 418 g/mol. The van der Waals surface area contributed by atoms with Gasteiger partial charge in [-0.3, -0.25) is 0 Å². The summed E-state index contributed by atoms with van der Waals surface area (Å²) in [6.07, 6.45) is 4.83. The largest absolute Gasteiger partial charge is 0.488 e. The Labute approximate surface area is 159 Å². The maximum atomic E-state index is 10.0. The monoisotopic (exact) mass is 417 g/mol. The predicted molar refractivity (Wildman–Crippen MR) is 103 cm³/mol. The average Bonchev–Trinajstić information content (AvgIpc) is 3.02. The smallest absolute Gasteiger partial charge is 0.162 e. The van der Waals surface area contributed by atoms with E-state index < -0.39 is 6.10 Å². The number of aliphatic hydroxyl groups is 1. The van der Waals surface area contributed by atoms with Gasteiger partial charge in [-0.25, -0.2) is 9.50 Å². The summed E-state index contributed by atoms with van der Waals surface area (Å²) in [5, 5.41) is 17.6. The van der Waals surface area contributed by atoms with Gasteiger partial charge < -0.3 is 20.9 Å². The molecule has 1 aliphatic rings. The second-order valence-electron chi connectivity index (χ2n) is 6.50. The fourth-order valence-corrected chi connectivity index (χ4v) is 3.63. The summed E-state index contributed by atoms with van der Waals surface area (Å²) < 4.78 is 8.87. The van der Waals surface area contributed by atoms with Crippen LogP contribution in [0, 0.1) is 0 Å². The number of aliphatic hydroxyl groups excluding tert-OH is 1. The first-order valence-electron chi connectivity index (χ1n) is 8.55. The van der Waals surface area contributed by atoms with E-state index in [1.807, 2.05) is 36.5 Å². The normalized spacial score (nSPS) is 23.1. The molecule has 0 saturated heterocycles. The molecule has 0 amide bonds. The van der Waals surface area contributed by atoms with E-state index in [1.54, 1.807) is 4.52 Å². The first-order valence-corrected chi connectivity index (χ1v) is 9.34. The maximum Gasteiger partial charge on any atom is 0.162 e. The summed E-state index contributed by atoms with van der Waals surface area (Å²) in [6, 6.07) is 9.56. The third-order valence-corrected chi connectivity index (χ3v) is 5.11. The molecule has 0 aliphatic heterocycles. The molecule has 136 valence electrons. The van der Waals surface area contributed by atoms with E-state index in [0.29, 0.717) is 18.0 Å². The summed E-state index contributed by atoms with van der Waals surface area (Å²) in [6.45, 7) is 0. The number of anilines is 2. The fourth-order valence-electron chi connectivity index (χ4n) is 3.24. The molecule has 1 aliphatic carbocycles. The van der Waals surface area contributed by atoms with E-state index >= 15 is 0 Å². The zero-order valence-electron chi connectivity index (χ0n) is 14.0. The number of benzene rings is 1. The van der Waals surface area contributed by atoms with E-state index in [0.717, 1.165) is 28.5 Å². The lowest BCUT2D eigenvalue weighted by atomic mass is 9.91. The number of nitrogens with two attached hydrogens (primary N) is 1. The highest BCUT2D eigenvalue weighted by Gasteiger charge is 2.28. The third kappa shape index (κ3) is 3.53. The van der Waals surface area contributed by atoms with Crippen molar-refractivity contribution < 1.29 is 9.84 Å². The van der Waals surface area contributed by atoms with Crippen LogP contribution in [-0.4, -0.2) is 38.0 Å². The van der Waals surface area contributed by atoms with Crippen LogP contribution in [0.4, 0.5) is 11.5 Å². The maximum absolute atomic E-state index is 10.0. The molecule has 1 unspecified atom stereocenters. The van der Waals surface area contributed by atoms with Crippen molar-refractivity contribution in [2.45, 2.75) is 37.5 Å². The summed E-state index contributed by atoms with van der Waals surface area (Å²) in [7, 11) is 0. The van der Waals surface area contributed by atoms with Gasteiger partial charge in [-0.05, 0) is 31.0 Å². The zero-order chi connectivity index (χ0) is 18.1. The minimum Gasteiger partial charge on any atom is -0.488 e. The van der Waals surface area contributed by atoms with Crippen molar-refractivity contribution >= 4 is 33.0 Å². The van der Waals surface area contributed by atoms with Crippen LogP contribution in [0.25, 0.3) is 5.52 Å². The molecule has 2 aromatic heterocycles. The Bertz CT molecular complexity index is 915. The van der Waals surface area contributed by atoms with Gasteiger partial charge in [0.15, 0.2) is 11.6 Å². The SMILES string of the molecule is N[C@@H]1CCC(Oc2ccn3ncnc(Nc4cccc(Br)c4)c23)C[C@H]1O. The third-order valence-electron chi connectivity index (χ3n) is 4.62. The minimum atomic E-state index is -0.529. The Morgan fingerprint density at radius 3 is 3.00 bits per heavy atom. The van der Waals surface area contributed by atoms with Crippen LogP contribution >= 0.6 is 15.9 Å². The molecule has 3 atom stereocenters. The molecular weight excluding hydrogens is 398 g/mol. The van der Waals surface area contributed by atoms with Crippen molar-refractivity contribution in [1.82, 2.24) is 14.6 Å². The molecule has 1 saturated carbocycles. The van der Waals surface area contributed by atoms with Crippen LogP contribution in [0.5, 0.6) is 5.75 Å². The van der Waals surface area contributed by atoms with Crippen molar-refractivity contribution in [2.24, 2.45) is 5.73 Å². The number of hydrogen-bond acceptors (Lipinski definition) is 6. The van der Waals surface area contributed by atoms with E-state index in [1.165, 1.54) is 6.33 Å². The predicted octanol–water partition coefficient (Wildman–Crippen LogP) is 2.85. The number of fused-ring (bicyclic) bond motifs is 1. The van der Waals surface area contributed by atoms with Crippen molar-refractivity contribution in [3.8, 4) is 5.75 Å². The molecule has 2 heterocycles. The Morgan fingerprint density at radius 1 is 1.31 bits per heavy atom. The van der Waals surface area contributed by atoms with Crippen LogP contribution in [0.3, 0.4) is 0 Å². The lowest BCUT2D eigenvalue weighted by Crippen LogP contribution is -2.43. The minimum absolute atomic E-state index is 0.0741. The van der Waals surface area contributed by atoms with Gasteiger partial charge in [0.2, 0.25) is 0 Å². The van der Waals surface area contributed by atoms with Gasteiger partial charge in [0, 0.05) is 34.9 Å². The molecule has 4 N–H and O–H groups in total. The number of halogens is 1. The molecule has 1 fully saturated rings. The Morgan fingerprint density at radius 2 is 2.19 bits per heavy atom. The molecule has 0 spiro atoms. The van der Waals surface area contributed by atoms with Crippen LogP contribution in [-0.2, 0) is 0 Å². The van der Waals surface area contributed by atoms with Crippen molar-refractivity contribution in [2.75, 3.05) is 5.32 Å². The summed E-state index contributed by atoms with van der Waals surface area (Å²) >= 11 is 3.47. The first-order chi connectivity index (χ1) is 12.6. The lowest BCUT2D eigenvalue weighted by Gasteiger charge is -2.30. The number of aromatic nitrogens is 3. The van der Waals surface area contributed by atoms with Gasteiger partial charge in [-0.2, -0.15) is 5.10 Å². The van der Waals surface area contributed by atoms with E-state index in [-0.39, 0.29) is 12.1 Å². The van der Waals surface area contributed by atoms with Gasteiger partial charge in [-0.1, -0.05) is 22.0 Å². The molecule has 26 heavy (non-hydrogen) atoms. The van der Waals surface area contributed by atoms with Crippen LogP contribution < -0.4 is 15.8 Å². The second-order valence-corrected chi connectivity index (χ2v) is 7.42. The standard InChI is InChI=1S/C18H20BrN5O2/c19-11-2-1-3-12(8-11)23-18-17-16(6-7-24(17)22-10-21-18)26-13-4-5-14(20)15(25)9-13/h1-3,6-8,10,13-15,25H,4-5,9,20H2,(H,21,22,23)/t13?,14-,15-/m1/s1. The molecule has 7 nitrogen and oxygen atoms in total. The highest BCUT2D eigenvalue weighted by molar-refractivity contribution is 9.10. The summed E-state index contributed by atoms with van der Waals surface area (Å²) in [5.41, 5.74) is 7.55. The summed E-state index contributed by atoms with van der Waals surface area (Å²) in [4.78, 5) is 4.38. The number of rotatable bonds is 4. The topological polar surface area (TPSA) is 97.7 Å². The molecule has 0 radical (unpaired) electrons. The number of ether oxygens (including phenoxy) is 1. The van der Waals surface area contributed by atoms with E-state index in [9.17, 15) is 5.11 Å². The quantitative estimate of drug-likeness (QED) is 0.603. The van der Waals surface area contributed by atoms with E-state index in [2.05, 4.69) is 31.3 Å². The summed E-state index contributed by atoms with van der Waals surface area (Å²) in [5.74, 6) is 1.35.